The Morgan fingerprint density at radius 3 is 2.48 bits per heavy atom. The molecule has 1 aliphatic rings. The maximum atomic E-state index is 13.0. The number of aliphatic hydroxyl groups is 1. The first-order chi connectivity index (χ1) is 14.9. The number of nitriles is 1. The average Bonchev–Trinajstić information content (AvgIpc) is 2.80. The first kappa shape index (κ1) is 22.3. The highest BCUT2D eigenvalue weighted by Gasteiger charge is 2.25. The zero-order valence-corrected chi connectivity index (χ0v) is 18.0. The number of urea groups is 1. The maximum absolute atomic E-state index is 13.0. The lowest BCUT2D eigenvalue weighted by atomic mass is 9.89. The molecule has 1 aliphatic heterocycles. The van der Waals surface area contributed by atoms with Gasteiger partial charge < -0.3 is 20.2 Å². The summed E-state index contributed by atoms with van der Waals surface area (Å²) >= 11 is 0. The summed E-state index contributed by atoms with van der Waals surface area (Å²) < 4.78 is 0. The van der Waals surface area contributed by atoms with Crippen LogP contribution in [0.1, 0.15) is 45.8 Å². The number of amides is 3. The third-order valence-electron chi connectivity index (χ3n) is 5.80. The van der Waals surface area contributed by atoms with E-state index in [0.29, 0.717) is 35.8 Å². The molecule has 2 aromatic rings. The lowest BCUT2D eigenvalue weighted by molar-refractivity contribution is 0.0713. The second-order valence-corrected chi connectivity index (χ2v) is 7.91. The number of likely N-dealkylation sites (tertiary alicyclic amines) is 1. The average molecular weight is 421 g/mol. The summed E-state index contributed by atoms with van der Waals surface area (Å²) in [5.74, 6) is 0.337. The number of rotatable bonds is 5. The lowest BCUT2D eigenvalue weighted by Crippen LogP contribution is -2.38. The number of anilines is 1. The predicted molar refractivity (Wildman–Crippen MR) is 119 cm³/mol. The fraction of sp³-hybridized carbons (Fsp3) is 0.375. The van der Waals surface area contributed by atoms with Crippen LogP contribution < -0.4 is 5.32 Å². The molecule has 1 fully saturated rings. The zero-order valence-electron chi connectivity index (χ0n) is 18.0. The third kappa shape index (κ3) is 5.41. The highest BCUT2D eigenvalue weighted by Crippen LogP contribution is 2.29. The van der Waals surface area contributed by atoms with Gasteiger partial charge in [-0.1, -0.05) is 18.2 Å². The number of hydrogen-bond acceptors (Lipinski definition) is 4. The van der Waals surface area contributed by atoms with Crippen molar-refractivity contribution in [3.8, 4) is 6.07 Å². The van der Waals surface area contributed by atoms with Gasteiger partial charge in [0.05, 0.1) is 18.2 Å². The summed E-state index contributed by atoms with van der Waals surface area (Å²) in [4.78, 5) is 28.5. The fourth-order valence-corrected chi connectivity index (χ4v) is 3.78. The lowest BCUT2D eigenvalue weighted by Gasteiger charge is -2.32. The molecule has 3 rings (SSSR count). The third-order valence-corrected chi connectivity index (χ3v) is 5.80. The summed E-state index contributed by atoms with van der Waals surface area (Å²) in [5, 5.41) is 20.8. The van der Waals surface area contributed by atoms with Crippen LogP contribution in [-0.4, -0.2) is 60.1 Å². The minimum absolute atomic E-state index is 0.0440. The highest BCUT2D eigenvalue weighted by atomic mass is 16.3. The Morgan fingerprint density at radius 2 is 1.87 bits per heavy atom. The first-order valence-corrected chi connectivity index (χ1v) is 10.5. The molecule has 0 bridgehead atoms. The number of aliphatic hydroxyl groups excluding tert-OH is 1. The van der Waals surface area contributed by atoms with Crippen LogP contribution in [0.4, 0.5) is 10.5 Å². The number of carbonyl (C=O) groups excluding carboxylic acids is 2. The topological polar surface area (TPSA) is 96.7 Å². The quantitative estimate of drug-likeness (QED) is 0.775. The summed E-state index contributed by atoms with van der Waals surface area (Å²) in [5.41, 5.74) is 3.86. The Balaban J connectivity index is 1.64. The summed E-state index contributed by atoms with van der Waals surface area (Å²) in [7, 11) is 1.61. The Morgan fingerprint density at radius 1 is 1.19 bits per heavy atom. The molecule has 7 heteroatoms. The smallest absolute Gasteiger partial charge is 0.321 e. The number of hydrogen-bond donors (Lipinski definition) is 2. The molecule has 162 valence electrons. The molecule has 0 atom stereocenters. The molecule has 0 aromatic heterocycles. The Kier molecular flexibility index (Phi) is 7.27. The van der Waals surface area contributed by atoms with Crippen LogP contribution >= 0.6 is 0 Å². The van der Waals surface area contributed by atoms with Crippen LogP contribution in [0, 0.1) is 18.3 Å². The van der Waals surface area contributed by atoms with E-state index in [-0.39, 0.29) is 25.1 Å². The molecule has 0 saturated carbocycles. The fourth-order valence-electron chi connectivity index (χ4n) is 3.78. The van der Waals surface area contributed by atoms with Gasteiger partial charge in [0.15, 0.2) is 0 Å². The second-order valence-electron chi connectivity index (χ2n) is 7.91. The van der Waals surface area contributed by atoms with Gasteiger partial charge in [-0.25, -0.2) is 4.79 Å². The molecule has 1 saturated heterocycles. The summed E-state index contributed by atoms with van der Waals surface area (Å²) in [6, 6.07) is 14.8. The van der Waals surface area contributed by atoms with Crippen molar-refractivity contribution in [1.29, 1.82) is 5.26 Å². The van der Waals surface area contributed by atoms with Gasteiger partial charge in [-0.3, -0.25) is 4.79 Å². The van der Waals surface area contributed by atoms with E-state index in [0.717, 1.165) is 18.4 Å². The second kappa shape index (κ2) is 10.1. The molecule has 0 radical (unpaired) electrons. The van der Waals surface area contributed by atoms with Crippen molar-refractivity contribution >= 4 is 17.6 Å². The molecule has 2 aromatic carbocycles. The van der Waals surface area contributed by atoms with Gasteiger partial charge in [-0.05, 0) is 61.1 Å². The van der Waals surface area contributed by atoms with Gasteiger partial charge in [0, 0.05) is 37.9 Å². The van der Waals surface area contributed by atoms with E-state index in [1.807, 2.05) is 42.2 Å². The van der Waals surface area contributed by atoms with Crippen molar-refractivity contribution in [2.45, 2.75) is 25.7 Å². The summed E-state index contributed by atoms with van der Waals surface area (Å²) in [6.45, 7) is 3.33. The summed E-state index contributed by atoms with van der Waals surface area (Å²) in [6.07, 6.45) is 1.75. The van der Waals surface area contributed by atoms with Crippen LogP contribution in [0.5, 0.6) is 0 Å². The van der Waals surface area contributed by atoms with Gasteiger partial charge in [0.1, 0.15) is 0 Å². The zero-order chi connectivity index (χ0) is 22.4. The number of aryl methyl sites for hydroxylation is 1. The SMILES string of the molecule is Cc1ccc(C(=O)N2CCC(c3ccc(C#N)cc3)CC2)cc1NC(=O)N(C)CCO. The van der Waals surface area contributed by atoms with E-state index in [1.165, 1.54) is 10.5 Å². The van der Waals surface area contributed by atoms with Crippen LogP contribution in [-0.2, 0) is 0 Å². The van der Waals surface area contributed by atoms with Crippen molar-refractivity contribution in [2.75, 3.05) is 38.6 Å². The molecule has 0 aliphatic carbocycles. The van der Waals surface area contributed by atoms with Crippen LogP contribution in [0.3, 0.4) is 0 Å². The molecular formula is C24H28N4O3. The monoisotopic (exact) mass is 420 g/mol. The van der Waals surface area contributed by atoms with E-state index in [1.54, 1.807) is 19.2 Å². The van der Waals surface area contributed by atoms with Gasteiger partial charge in [-0.2, -0.15) is 5.26 Å². The molecule has 7 nitrogen and oxygen atoms in total. The Bertz CT molecular complexity index is 973. The van der Waals surface area contributed by atoms with Gasteiger partial charge in [0.2, 0.25) is 0 Å². The number of nitrogens with zero attached hydrogens (tertiary/aromatic N) is 3. The van der Waals surface area contributed by atoms with E-state index in [9.17, 15) is 9.59 Å². The Labute approximate surface area is 182 Å². The van der Waals surface area contributed by atoms with E-state index in [2.05, 4.69) is 11.4 Å². The maximum Gasteiger partial charge on any atom is 0.321 e. The predicted octanol–water partition coefficient (Wildman–Crippen LogP) is 3.34. The van der Waals surface area contributed by atoms with Crippen molar-refractivity contribution in [3.05, 3.63) is 64.7 Å². The van der Waals surface area contributed by atoms with Gasteiger partial charge in [-0.15, -0.1) is 0 Å². The van der Waals surface area contributed by atoms with Crippen LogP contribution in [0.2, 0.25) is 0 Å². The van der Waals surface area contributed by atoms with Crippen molar-refractivity contribution in [2.24, 2.45) is 0 Å². The van der Waals surface area contributed by atoms with Crippen molar-refractivity contribution < 1.29 is 14.7 Å². The standard InChI is InChI=1S/C24H28N4O3/c1-17-3-6-21(15-22(17)26-24(31)27(2)13-14-29)23(30)28-11-9-20(10-12-28)19-7-4-18(16-25)5-8-19/h3-8,15,20,29H,9-14H2,1-2H3,(H,26,31). The molecule has 0 spiro atoms. The van der Waals surface area contributed by atoms with Crippen molar-refractivity contribution in [3.63, 3.8) is 0 Å². The molecular weight excluding hydrogens is 392 g/mol. The van der Waals surface area contributed by atoms with E-state index in [4.69, 9.17) is 10.4 Å². The highest BCUT2D eigenvalue weighted by molar-refractivity contribution is 5.97. The molecule has 1 heterocycles. The van der Waals surface area contributed by atoms with Gasteiger partial charge in [0.25, 0.3) is 5.91 Å². The molecule has 2 N–H and O–H groups in total. The minimum atomic E-state index is -0.329. The van der Waals surface area contributed by atoms with Crippen LogP contribution in [0.15, 0.2) is 42.5 Å². The van der Waals surface area contributed by atoms with Gasteiger partial charge >= 0.3 is 6.03 Å². The van der Waals surface area contributed by atoms with E-state index >= 15 is 0 Å². The number of piperidine rings is 1. The largest absolute Gasteiger partial charge is 0.395 e. The number of likely N-dealkylation sites (N-methyl/N-ethyl adjacent to an activating group) is 1. The number of nitrogens with one attached hydrogen (secondary N) is 1. The first-order valence-electron chi connectivity index (χ1n) is 10.5. The molecule has 3 amide bonds. The minimum Gasteiger partial charge on any atom is -0.395 e. The van der Waals surface area contributed by atoms with Crippen LogP contribution in [0.25, 0.3) is 0 Å². The molecule has 0 unspecified atom stereocenters. The Hall–Kier alpha value is -3.37. The number of carbonyl (C=O) groups is 2. The number of benzene rings is 2. The van der Waals surface area contributed by atoms with E-state index < -0.39 is 0 Å². The molecule has 31 heavy (non-hydrogen) atoms. The van der Waals surface area contributed by atoms with Crippen molar-refractivity contribution in [1.82, 2.24) is 9.80 Å². The normalized spacial score (nSPS) is 14.1.